The summed E-state index contributed by atoms with van der Waals surface area (Å²) < 4.78 is 13.9. The third-order valence-electron chi connectivity index (χ3n) is 4.56. The predicted octanol–water partition coefficient (Wildman–Crippen LogP) is 2.66. The van der Waals surface area contributed by atoms with E-state index in [1.165, 1.54) is 25.5 Å². The molecule has 0 unspecified atom stereocenters. The van der Waals surface area contributed by atoms with Crippen LogP contribution in [0.1, 0.15) is 36.8 Å². The maximum atomic E-state index is 13.9. The van der Waals surface area contributed by atoms with Crippen molar-refractivity contribution < 1.29 is 4.39 Å². The molecular formula is C17H22FN3. The SMILES string of the molecule is N#Cc1ccc(CN2CCC(NCC3CC3)CC2)c(F)c1. The first-order valence-electron chi connectivity index (χ1n) is 7.89. The number of hydrogen-bond acceptors (Lipinski definition) is 3. The Labute approximate surface area is 125 Å². The fourth-order valence-corrected chi connectivity index (χ4v) is 2.94. The molecule has 0 amide bonds. The number of hydrogen-bond donors (Lipinski definition) is 1. The normalized spacial score (nSPS) is 20.4. The van der Waals surface area contributed by atoms with Crippen LogP contribution in [0.15, 0.2) is 18.2 Å². The minimum Gasteiger partial charge on any atom is -0.314 e. The number of benzene rings is 1. The predicted molar refractivity (Wildman–Crippen MR) is 80.1 cm³/mol. The van der Waals surface area contributed by atoms with Crippen LogP contribution in [0.25, 0.3) is 0 Å². The number of piperidine rings is 1. The molecule has 2 aliphatic rings. The van der Waals surface area contributed by atoms with Crippen molar-refractivity contribution in [3.05, 3.63) is 35.1 Å². The van der Waals surface area contributed by atoms with Crippen LogP contribution in [0.5, 0.6) is 0 Å². The van der Waals surface area contributed by atoms with Gasteiger partial charge in [-0.3, -0.25) is 4.90 Å². The number of halogens is 1. The van der Waals surface area contributed by atoms with Gasteiger partial charge < -0.3 is 5.32 Å². The highest BCUT2D eigenvalue weighted by Gasteiger charge is 2.24. The lowest BCUT2D eigenvalue weighted by atomic mass is 10.0. The minimum atomic E-state index is -0.261. The first-order valence-corrected chi connectivity index (χ1v) is 7.89. The largest absolute Gasteiger partial charge is 0.314 e. The maximum absolute atomic E-state index is 13.9. The van der Waals surface area contributed by atoms with E-state index in [0.717, 1.165) is 31.8 Å². The summed E-state index contributed by atoms with van der Waals surface area (Å²) in [5, 5.41) is 12.4. The second-order valence-corrected chi connectivity index (χ2v) is 6.32. The van der Waals surface area contributed by atoms with Crippen LogP contribution in [0.3, 0.4) is 0 Å². The Morgan fingerprint density at radius 1 is 1.24 bits per heavy atom. The number of rotatable bonds is 5. The van der Waals surface area contributed by atoms with Crippen molar-refractivity contribution in [3.63, 3.8) is 0 Å². The van der Waals surface area contributed by atoms with E-state index in [1.807, 2.05) is 6.07 Å². The molecule has 1 N–H and O–H groups in total. The summed E-state index contributed by atoms with van der Waals surface area (Å²) in [5.74, 6) is 0.666. The molecule has 1 aliphatic heterocycles. The molecule has 1 heterocycles. The van der Waals surface area contributed by atoms with E-state index in [1.54, 1.807) is 12.1 Å². The molecule has 0 bridgehead atoms. The monoisotopic (exact) mass is 287 g/mol. The van der Waals surface area contributed by atoms with Crippen LogP contribution >= 0.6 is 0 Å². The lowest BCUT2D eigenvalue weighted by Crippen LogP contribution is -2.42. The molecule has 1 aromatic carbocycles. The first kappa shape index (κ1) is 14.5. The lowest BCUT2D eigenvalue weighted by molar-refractivity contribution is 0.188. The summed E-state index contributed by atoms with van der Waals surface area (Å²) in [4.78, 5) is 2.31. The third kappa shape index (κ3) is 4.03. The van der Waals surface area contributed by atoms with Gasteiger partial charge in [-0.15, -0.1) is 0 Å². The fourth-order valence-electron chi connectivity index (χ4n) is 2.94. The molecule has 1 aliphatic carbocycles. The van der Waals surface area contributed by atoms with Crippen LogP contribution in [-0.2, 0) is 6.54 Å². The Kier molecular flexibility index (Phi) is 4.52. The molecule has 2 fully saturated rings. The van der Waals surface area contributed by atoms with Crippen molar-refractivity contribution >= 4 is 0 Å². The van der Waals surface area contributed by atoms with Crippen LogP contribution in [0.2, 0.25) is 0 Å². The van der Waals surface area contributed by atoms with E-state index < -0.39 is 0 Å². The average Bonchev–Trinajstić information content (AvgIpc) is 3.33. The minimum absolute atomic E-state index is 0.261. The highest BCUT2D eigenvalue weighted by Crippen LogP contribution is 2.28. The van der Waals surface area contributed by atoms with E-state index in [2.05, 4.69) is 10.2 Å². The number of nitriles is 1. The molecule has 0 radical (unpaired) electrons. The van der Waals surface area contributed by atoms with Gasteiger partial charge in [-0.1, -0.05) is 6.07 Å². The zero-order valence-corrected chi connectivity index (χ0v) is 12.3. The summed E-state index contributed by atoms with van der Waals surface area (Å²) in [5.41, 5.74) is 1.08. The van der Waals surface area contributed by atoms with Crippen molar-refractivity contribution in [3.8, 4) is 6.07 Å². The molecule has 112 valence electrons. The molecule has 1 saturated carbocycles. The van der Waals surface area contributed by atoms with Crippen LogP contribution in [-0.4, -0.2) is 30.6 Å². The molecule has 3 nitrogen and oxygen atoms in total. The van der Waals surface area contributed by atoms with Crippen LogP contribution in [0, 0.1) is 23.1 Å². The molecule has 0 atom stereocenters. The third-order valence-corrected chi connectivity index (χ3v) is 4.56. The molecule has 21 heavy (non-hydrogen) atoms. The highest BCUT2D eigenvalue weighted by atomic mass is 19.1. The van der Waals surface area contributed by atoms with E-state index in [0.29, 0.717) is 23.7 Å². The second-order valence-electron chi connectivity index (χ2n) is 6.32. The molecular weight excluding hydrogens is 265 g/mol. The first-order chi connectivity index (χ1) is 10.2. The van der Waals surface area contributed by atoms with Gasteiger partial charge in [-0.25, -0.2) is 4.39 Å². The van der Waals surface area contributed by atoms with Crippen molar-refractivity contribution in [1.29, 1.82) is 5.26 Å². The van der Waals surface area contributed by atoms with E-state index in [-0.39, 0.29) is 5.82 Å². The van der Waals surface area contributed by atoms with Crippen molar-refractivity contribution in [2.45, 2.75) is 38.3 Å². The van der Waals surface area contributed by atoms with Gasteiger partial charge in [0.05, 0.1) is 11.6 Å². The van der Waals surface area contributed by atoms with Gasteiger partial charge in [0, 0.05) is 18.2 Å². The number of nitrogens with zero attached hydrogens (tertiary/aromatic N) is 2. The quantitative estimate of drug-likeness (QED) is 0.905. The lowest BCUT2D eigenvalue weighted by Gasteiger charge is -2.32. The van der Waals surface area contributed by atoms with Crippen LogP contribution in [0.4, 0.5) is 4.39 Å². The molecule has 1 aromatic rings. The van der Waals surface area contributed by atoms with Gasteiger partial charge in [0.25, 0.3) is 0 Å². The Hall–Kier alpha value is -1.44. The Morgan fingerprint density at radius 2 is 2.00 bits per heavy atom. The summed E-state index contributed by atoms with van der Waals surface area (Å²) in [7, 11) is 0. The van der Waals surface area contributed by atoms with Gasteiger partial charge in [-0.2, -0.15) is 5.26 Å². The van der Waals surface area contributed by atoms with Crippen molar-refractivity contribution in [2.75, 3.05) is 19.6 Å². The van der Waals surface area contributed by atoms with E-state index in [9.17, 15) is 4.39 Å². The summed E-state index contributed by atoms with van der Waals surface area (Å²) in [6, 6.07) is 7.37. The summed E-state index contributed by atoms with van der Waals surface area (Å²) in [6.45, 7) is 3.85. The molecule has 1 saturated heterocycles. The van der Waals surface area contributed by atoms with Gasteiger partial charge in [-0.05, 0) is 63.4 Å². The Bertz CT molecular complexity index is 525. The molecule has 0 spiro atoms. The number of nitrogens with one attached hydrogen (secondary N) is 1. The standard InChI is InChI=1S/C17H22FN3/c18-17-9-14(10-19)3-4-15(17)12-21-7-5-16(6-8-21)20-11-13-1-2-13/h3-4,9,13,16,20H,1-2,5-8,11-12H2. The van der Waals surface area contributed by atoms with Crippen LogP contribution < -0.4 is 5.32 Å². The van der Waals surface area contributed by atoms with Crippen molar-refractivity contribution in [1.82, 2.24) is 10.2 Å². The van der Waals surface area contributed by atoms with Gasteiger partial charge in [0.1, 0.15) is 5.82 Å². The molecule has 4 heteroatoms. The van der Waals surface area contributed by atoms with E-state index in [4.69, 9.17) is 5.26 Å². The zero-order valence-electron chi connectivity index (χ0n) is 12.3. The fraction of sp³-hybridized carbons (Fsp3) is 0.588. The van der Waals surface area contributed by atoms with Crippen molar-refractivity contribution in [2.24, 2.45) is 5.92 Å². The molecule has 0 aromatic heterocycles. The van der Waals surface area contributed by atoms with Gasteiger partial charge >= 0.3 is 0 Å². The van der Waals surface area contributed by atoms with Gasteiger partial charge in [0.2, 0.25) is 0 Å². The maximum Gasteiger partial charge on any atom is 0.129 e. The smallest absolute Gasteiger partial charge is 0.129 e. The second kappa shape index (κ2) is 6.55. The summed E-state index contributed by atoms with van der Waals surface area (Å²) >= 11 is 0. The Morgan fingerprint density at radius 3 is 2.62 bits per heavy atom. The topological polar surface area (TPSA) is 39.1 Å². The average molecular weight is 287 g/mol. The van der Waals surface area contributed by atoms with Gasteiger partial charge in [0.15, 0.2) is 0 Å². The number of likely N-dealkylation sites (tertiary alicyclic amines) is 1. The van der Waals surface area contributed by atoms with E-state index >= 15 is 0 Å². The summed E-state index contributed by atoms with van der Waals surface area (Å²) in [6.07, 6.45) is 5.07. The highest BCUT2D eigenvalue weighted by molar-refractivity contribution is 5.32. The molecule has 3 rings (SSSR count). The zero-order chi connectivity index (χ0) is 14.7. The Balaban J connectivity index is 1.47.